The fourth-order valence-corrected chi connectivity index (χ4v) is 6.18. The summed E-state index contributed by atoms with van der Waals surface area (Å²) in [6.45, 7) is 5.11. The third kappa shape index (κ3) is 7.18. The van der Waals surface area contributed by atoms with Gasteiger partial charge in [0.15, 0.2) is 9.84 Å². The lowest BCUT2D eigenvalue weighted by molar-refractivity contribution is -0.138. The number of carboxylic acid groups (broad SMARTS) is 1. The largest absolute Gasteiger partial charge is 0.465 e. The summed E-state index contributed by atoms with van der Waals surface area (Å²) in [6.07, 6.45) is -4.98. The average molecular weight is 605 g/mol. The van der Waals surface area contributed by atoms with Crippen molar-refractivity contribution in [1.82, 2.24) is 15.5 Å². The van der Waals surface area contributed by atoms with Gasteiger partial charge in [0, 0.05) is 25.7 Å². The Morgan fingerprint density at radius 3 is 2.45 bits per heavy atom. The van der Waals surface area contributed by atoms with Crippen LogP contribution in [0.3, 0.4) is 0 Å². The zero-order chi connectivity index (χ0) is 30.0. The number of benzene rings is 2. The number of piperidine rings is 1. The molecule has 2 aromatic rings. The van der Waals surface area contributed by atoms with Gasteiger partial charge in [-0.1, -0.05) is 24.6 Å². The van der Waals surface area contributed by atoms with E-state index in [0.29, 0.717) is 31.0 Å². The number of hydrogen-bond acceptors (Lipinski definition) is 6. The first kappa shape index (κ1) is 31.5. The highest BCUT2D eigenvalue weighted by Crippen LogP contribution is 2.40. The van der Waals surface area contributed by atoms with Crippen LogP contribution in [0.1, 0.15) is 57.9 Å². The highest BCUT2D eigenvalue weighted by Gasteiger charge is 2.37. The molecule has 5 N–H and O–H groups in total. The number of amides is 2. The summed E-state index contributed by atoms with van der Waals surface area (Å²) in [7, 11) is -3.64. The molecule has 1 aliphatic rings. The van der Waals surface area contributed by atoms with Gasteiger partial charge in [-0.3, -0.25) is 9.69 Å². The Labute approximate surface area is 235 Å². The van der Waals surface area contributed by atoms with E-state index in [4.69, 9.17) is 22.4 Å². The summed E-state index contributed by atoms with van der Waals surface area (Å²) in [5.41, 5.74) is 5.59. The minimum absolute atomic E-state index is 0.0351. The lowest BCUT2D eigenvalue weighted by Gasteiger charge is -2.33. The lowest BCUT2D eigenvalue weighted by Crippen LogP contribution is -2.47. The summed E-state index contributed by atoms with van der Waals surface area (Å²) in [5, 5.41) is 13.4. The number of rotatable bonds is 8. The van der Waals surface area contributed by atoms with Crippen LogP contribution in [-0.4, -0.2) is 55.3 Å². The SMILES string of the molecule is CCS(=O)(=O)c1cc(C)c(C)cc1CNC(=O)c1cc(C(F)(F)F)c(CN2CCC[C@@H](NC(=O)O)C2)c(Cl)c1N. The topological polar surface area (TPSA) is 142 Å². The summed E-state index contributed by atoms with van der Waals surface area (Å²) >= 11 is 6.33. The van der Waals surface area contributed by atoms with Gasteiger partial charge in [0.05, 0.1) is 32.5 Å². The standard InChI is InChI=1S/C26H32ClF3N4O5S/c1-4-40(38,39)21-9-15(3)14(2)8-16(21)11-32-24(35)18-10-20(26(28,29)30)19(22(27)23(18)31)13-34-7-5-6-17(12-34)33-25(36)37/h8-10,17,33H,4-7,11-13,31H2,1-3H3,(H,32,35)(H,36,37)/t17-/m1/s1. The van der Waals surface area contributed by atoms with Crippen LogP contribution in [-0.2, 0) is 29.1 Å². The van der Waals surface area contributed by atoms with Crippen LogP contribution in [0.5, 0.6) is 0 Å². The maximum Gasteiger partial charge on any atom is 0.416 e. The van der Waals surface area contributed by atoms with E-state index in [9.17, 15) is 31.2 Å². The van der Waals surface area contributed by atoms with E-state index in [1.807, 2.05) is 0 Å². The molecule has 220 valence electrons. The fourth-order valence-electron chi connectivity index (χ4n) is 4.72. The first-order valence-electron chi connectivity index (χ1n) is 12.6. The average Bonchev–Trinajstić information content (AvgIpc) is 2.86. The molecule has 1 atom stereocenters. The second-order valence-corrected chi connectivity index (χ2v) is 12.5. The van der Waals surface area contributed by atoms with Crippen molar-refractivity contribution in [1.29, 1.82) is 0 Å². The van der Waals surface area contributed by atoms with Gasteiger partial charge in [-0.25, -0.2) is 13.2 Å². The molecular weight excluding hydrogens is 573 g/mol. The van der Waals surface area contributed by atoms with Crippen molar-refractivity contribution in [3.63, 3.8) is 0 Å². The number of alkyl halides is 3. The van der Waals surface area contributed by atoms with Gasteiger partial charge in [0.2, 0.25) is 0 Å². The van der Waals surface area contributed by atoms with E-state index in [0.717, 1.165) is 11.1 Å². The number of aryl methyl sites for hydroxylation is 2. The van der Waals surface area contributed by atoms with Crippen molar-refractivity contribution in [3.05, 3.63) is 56.6 Å². The molecule has 0 unspecified atom stereocenters. The number of carbonyl (C=O) groups is 2. The zero-order valence-electron chi connectivity index (χ0n) is 22.3. The van der Waals surface area contributed by atoms with Gasteiger partial charge in [-0.2, -0.15) is 13.2 Å². The highest BCUT2D eigenvalue weighted by atomic mass is 35.5. The molecule has 1 saturated heterocycles. The summed E-state index contributed by atoms with van der Waals surface area (Å²) in [5.74, 6) is -1.11. The number of nitrogens with zero attached hydrogens (tertiary/aromatic N) is 1. The first-order chi connectivity index (χ1) is 18.5. The number of sulfone groups is 1. The van der Waals surface area contributed by atoms with Crippen molar-refractivity contribution in [2.45, 2.75) is 63.8 Å². The summed E-state index contributed by atoms with van der Waals surface area (Å²) in [6, 6.07) is 3.32. The number of hydrogen-bond donors (Lipinski definition) is 4. The van der Waals surface area contributed by atoms with Gasteiger partial charge >= 0.3 is 12.3 Å². The van der Waals surface area contributed by atoms with Gasteiger partial charge in [-0.15, -0.1) is 0 Å². The molecule has 0 spiro atoms. The molecule has 40 heavy (non-hydrogen) atoms. The van der Waals surface area contributed by atoms with Gasteiger partial charge in [0.25, 0.3) is 5.91 Å². The molecule has 2 amide bonds. The van der Waals surface area contributed by atoms with E-state index < -0.39 is 50.2 Å². The number of nitrogen functional groups attached to an aromatic ring is 1. The van der Waals surface area contributed by atoms with Crippen molar-refractivity contribution in [2.75, 3.05) is 24.6 Å². The molecule has 0 bridgehead atoms. The van der Waals surface area contributed by atoms with E-state index in [2.05, 4.69) is 10.6 Å². The lowest BCUT2D eigenvalue weighted by atomic mass is 9.98. The van der Waals surface area contributed by atoms with E-state index in [-0.39, 0.29) is 41.5 Å². The fraction of sp³-hybridized carbons (Fsp3) is 0.462. The molecular formula is C26H32ClF3N4O5S. The smallest absolute Gasteiger partial charge is 0.416 e. The predicted molar refractivity (Wildman–Crippen MR) is 145 cm³/mol. The van der Waals surface area contributed by atoms with Crippen molar-refractivity contribution >= 4 is 39.1 Å². The van der Waals surface area contributed by atoms with E-state index in [1.165, 1.54) is 13.0 Å². The third-order valence-electron chi connectivity index (χ3n) is 7.00. The molecule has 1 fully saturated rings. The summed E-state index contributed by atoms with van der Waals surface area (Å²) < 4.78 is 67.7. The Kier molecular flexibility index (Phi) is 9.63. The molecule has 14 heteroatoms. The quantitative estimate of drug-likeness (QED) is 0.325. The van der Waals surface area contributed by atoms with Crippen LogP contribution in [0.25, 0.3) is 0 Å². The Morgan fingerprint density at radius 1 is 1.20 bits per heavy atom. The molecule has 2 aromatic carbocycles. The number of nitrogens with one attached hydrogen (secondary N) is 2. The maximum atomic E-state index is 14.2. The summed E-state index contributed by atoms with van der Waals surface area (Å²) in [4.78, 5) is 25.7. The number of carbonyl (C=O) groups excluding carboxylic acids is 1. The number of anilines is 1. The highest BCUT2D eigenvalue weighted by molar-refractivity contribution is 7.91. The minimum Gasteiger partial charge on any atom is -0.465 e. The van der Waals surface area contributed by atoms with Crippen LogP contribution < -0.4 is 16.4 Å². The van der Waals surface area contributed by atoms with E-state index in [1.54, 1.807) is 24.8 Å². The van der Waals surface area contributed by atoms with E-state index >= 15 is 0 Å². The Hall–Kier alpha value is -3.03. The number of halogens is 4. The monoisotopic (exact) mass is 604 g/mol. The molecule has 0 aromatic heterocycles. The molecule has 0 radical (unpaired) electrons. The second kappa shape index (κ2) is 12.2. The Balaban J connectivity index is 1.93. The van der Waals surface area contributed by atoms with Gasteiger partial charge < -0.3 is 21.5 Å². The first-order valence-corrected chi connectivity index (χ1v) is 14.6. The van der Waals surface area contributed by atoms with Crippen LogP contribution in [0.2, 0.25) is 5.02 Å². The van der Waals surface area contributed by atoms with Crippen molar-refractivity contribution in [2.24, 2.45) is 0 Å². The molecule has 3 rings (SSSR count). The van der Waals surface area contributed by atoms with Crippen LogP contribution in [0.15, 0.2) is 23.1 Å². The number of likely N-dealkylation sites (tertiary alicyclic amines) is 1. The Bertz CT molecular complexity index is 1420. The molecule has 1 aliphatic heterocycles. The predicted octanol–water partition coefficient (Wildman–Crippen LogP) is 4.51. The maximum absolute atomic E-state index is 14.2. The zero-order valence-corrected chi connectivity index (χ0v) is 23.9. The molecule has 9 nitrogen and oxygen atoms in total. The molecule has 1 heterocycles. The second-order valence-electron chi connectivity index (χ2n) is 9.83. The normalized spacial score (nSPS) is 16.5. The third-order valence-corrected chi connectivity index (χ3v) is 9.24. The van der Waals surface area contributed by atoms with Crippen molar-refractivity contribution in [3.8, 4) is 0 Å². The van der Waals surface area contributed by atoms with Crippen LogP contribution >= 0.6 is 11.6 Å². The van der Waals surface area contributed by atoms with Crippen LogP contribution in [0, 0.1) is 13.8 Å². The number of nitrogens with two attached hydrogens (primary N) is 1. The van der Waals surface area contributed by atoms with Gasteiger partial charge in [-0.05, 0) is 67.6 Å². The van der Waals surface area contributed by atoms with Crippen LogP contribution in [0.4, 0.5) is 23.7 Å². The van der Waals surface area contributed by atoms with Crippen molar-refractivity contribution < 1.29 is 36.3 Å². The minimum atomic E-state index is -4.87. The molecule has 0 saturated carbocycles. The van der Waals surface area contributed by atoms with Gasteiger partial charge in [0.1, 0.15) is 0 Å². The molecule has 0 aliphatic carbocycles. The Morgan fingerprint density at radius 2 is 1.85 bits per heavy atom.